The number of thiophene rings is 1. The Labute approximate surface area is 151 Å². The van der Waals surface area contributed by atoms with Gasteiger partial charge < -0.3 is 10.6 Å². The zero-order valence-electron chi connectivity index (χ0n) is 14.8. The van der Waals surface area contributed by atoms with E-state index in [9.17, 15) is 9.00 Å². The first-order chi connectivity index (χ1) is 11.5. The summed E-state index contributed by atoms with van der Waals surface area (Å²) < 4.78 is 15.4. The Morgan fingerprint density at radius 2 is 2.12 bits per heavy atom. The van der Waals surface area contributed by atoms with Gasteiger partial charge in [0.25, 0.3) is 0 Å². The molecule has 1 saturated carbocycles. The molecule has 2 amide bonds. The van der Waals surface area contributed by atoms with Gasteiger partial charge in [0.15, 0.2) is 0 Å². The fourth-order valence-corrected chi connectivity index (χ4v) is 5.47. The molecule has 1 fully saturated rings. The second kappa shape index (κ2) is 8.97. The van der Waals surface area contributed by atoms with Crippen molar-refractivity contribution in [3.8, 4) is 0 Å². The van der Waals surface area contributed by atoms with Crippen LogP contribution in [0.1, 0.15) is 46.0 Å². The molecule has 0 saturated heterocycles. The van der Waals surface area contributed by atoms with Gasteiger partial charge in [-0.3, -0.25) is 0 Å². The van der Waals surface area contributed by atoms with E-state index in [4.69, 9.17) is 0 Å². The number of nitrogens with zero attached hydrogens (tertiary/aromatic N) is 1. The van der Waals surface area contributed by atoms with Crippen molar-refractivity contribution in [2.45, 2.75) is 56.2 Å². The van der Waals surface area contributed by atoms with Gasteiger partial charge in [-0.05, 0) is 36.6 Å². The third-order valence-corrected chi connectivity index (χ3v) is 7.44. The van der Waals surface area contributed by atoms with Gasteiger partial charge >= 0.3 is 6.03 Å². The summed E-state index contributed by atoms with van der Waals surface area (Å²) in [6, 6.07) is 3.66. The van der Waals surface area contributed by atoms with E-state index in [-0.39, 0.29) is 17.5 Å². The van der Waals surface area contributed by atoms with Crippen molar-refractivity contribution >= 4 is 28.4 Å². The minimum atomic E-state index is -1.18. The summed E-state index contributed by atoms with van der Waals surface area (Å²) in [5.74, 6) is 0. The molecule has 1 aliphatic rings. The number of rotatable bonds is 7. The van der Waals surface area contributed by atoms with Crippen LogP contribution in [0, 0.1) is 5.41 Å². The Morgan fingerprint density at radius 3 is 2.71 bits per heavy atom. The van der Waals surface area contributed by atoms with Crippen LogP contribution in [0.15, 0.2) is 21.7 Å². The van der Waals surface area contributed by atoms with E-state index in [1.54, 1.807) is 0 Å². The van der Waals surface area contributed by atoms with Gasteiger partial charge in [0.1, 0.15) is 15.2 Å². The molecule has 0 bridgehead atoms. The molecule has 1 aromatic heterocycles. The molecule has 2 atom stereocenters. The van der Waals surface area contributed by atoms with Crippen molar-refractivity contribution in [3.05, 3.63) is 17.5 Å². The summed E-state index contributed by atoms with van der Waals surface area (Å²) >= 11 is 1.50. The van der Waals surface area contributed by atoms with Gasteiger partial charge in [-0.2, -0.15) is 0 Å². The summed E-state index contributed by atoms with van der Waals surface area (Å²) in [4.78, 5) is 12.1. The van der Waals surface area contributed by atoms with Crippen molar-refractivity contribution in [1.82, 2.24) is 14.9 Å². The van der Waals surface area contributed by atoms with Crippen molar-refractivity contribution in [2.75, 3.05) is 20.1 Å². The predicted octanol–water partition coefficient (Wildman–Crippen LogP) is 3.36. The molecule has 5 nitrogen and oxygen atoms in total. The number of urea groups is 1. The first-order valence-corrected chi connectivity index (χ1v) is 10.7. The standard InChI is InChI=1S/C17H29N3O2S2/c1-4-18-16(21)19-14(17(2)10-6-5-7-11-17)13-20(3)24(22)15-9-8-12-23-15/h8-9,12,14H,4-7,10-11,13H2,1-3H3,(H2,18,19,21)/t14-,24?/m1/s1. The fraction of sp³-hybridized carbons (Fsp3) is 0.706. The molecule has 24 heavy (non-hydrogen) atoms. The van der Waals surface area contributed by atoms with E-state index in [2.05, 4.69) is 17.6 Å². The van der Waals surface area contributed by atoms with Gasteiger partial charge in [0.05, 0.1) is 0 Å². The average Bonchev–Trinajstić information content (AvgIpc) is 3.08. The van der Waals surface area contributed by atoms with E-state index in [1.807, 2.05) is 35.8 Å². The first kappa shape index (κ1) is 19.4. The van der Waals surface area contributed by atoms with Crippen LogP contribution in [0.2, 0.25) is 0 Å². The second-order valence-electron chi connectivity index (χ2n) is 6.76. The van der Waals surface area contributed by atoms with Crippen molar-refractivity contribution < 1.29 is 9.00 Å². The van der Waals surface area contributed by atoms with Crippen LogP contribution in [0.3, 0.4) is 0 Å². The highest BCUT2D eigenvalue weighted by molar-refractivity contribution is 7.85. The largest absolute Gasteiger partial charge is 0.338 e. The van der Waals surface area contributed by atoms with E-state index in [0.29, 0.717) is 13.1 Å². The molecule has 2 rings (SSSR count). The maximum Gasteiger partial charge on any atom is 0.315 e. The smallest absolute Gasteiger partial charge is 0.315 e. The maximum absolute atomic E-state index is 12.7. The monoisotopic (exact) mass is 371 g/mol. The molecular weight excluding hydrogens is 342 g/mol. The molecule has 0 radical (unpaired) electrons. The number of hydrogen-bond acceptors (Lipinski definition) is 3. The molecule has 1 unspecified atom stereocenters. The van der Waals surface area contributed by atoms with Crippen LogP contribution in [0.4, 0.5) is 4.79 Å². The van der Waals surface area contributed by atoms with E-state index >= 15 is 0 Å². The van der Waals surface area contributed by atoms with Crippen LogP contribution in [-0.2, 0) is 11.0 Å². The summed E-state index contributed by atoms with van der Waals surface area (Å²) in [5.41, 5.74) is 0.0528. The summed E-state index contributed by atoms with van der Waals surface area (Å²) in [5, 5.41) is 7.89. The lowest BCUT2D eigenvalue weighted by molar-refractivity contribution is 0.134. The quantitative estimate of drug-likeness (QED) is 0.772. The van der Waals surface area contributed by atoms with Crippen LogP contribution in [0.25, 0.3) is 0 Å². The zero-order chi connectivity index (χ0) is 17.6. The number of nitrogens with one attached hydrogen (secondary N) is 2. The molecule has 2 N–H and O–H groups in total. The van der Waals surface area contributed by atoms with Crippen molar-refractivity contribution in [2.24, 2.45) is 5.41 Å². The van der Waals surface area contributed by atoms with Crippen LogP contribution in [-0.4, -0.2) is 40.7 Å². The Hall–Kier alpha value is -0.920. The van der Waals surface area contributed by atoms with Crippen LogP contribution >= 0.6 is 11.3 Å². The normalized spacial score (nSPS) is 19.7. The van der Waals surface area contributed by atoms with Crippen molar-refractivity contribution in [1.29, 1.82) is 0 Å². The number of hydrogen-bond donors (Lipinski definition) is 2. The van der Waals surface area contributed by atoms with E-state index in [1.165, 1.54) is 30.6 Å². The number of likely N-dealkylation sites (N-methyl/N-ethyl adjacent to an activating group) is 1. The lowest BCUT2D eigenvalue weighted by Gasteiger charge is -2.42. The van der Waals surface area contributed by atoms with Crippen molar-refractivity contribution in [3.63, 3.8) is 0 Å². The lowest BCUT2D eigenvalue weighted by atomic mass is 9.70. The molecule has 1 aromatic rings. The average molecular weight is 372 g/mol. The Balaban J connectivity index is 2.09. The topological polar surface area (TPSA) is 61.4 Å². The summed E-state index contributed by atoms with van der Waals surface area (Å²) in [6.45, 7) is 5.35. The number of carbonyl (C=O) groups excluding carboxylic acids is 1. The fourth-order valence-electron chi connectivity index (χ4n) is 3.36. The molecule has 0 aliphatic heterocycles. The SMILES string of the molecule is CCNC(=O)N[C@H](CN(C)S(=O)c1cccs1)C1(C)CCCCC1. The predicted molar refractivity (Wildman–Crippen MR) is 101 cm³/mol. The van der Waals surface area contributed by atoms with Gasteiger partial charge in [-0.1, -0.05) is 32.3 Å². The Morgan fingerprint density at radius 1 is 1.42 bits per heavy atom. The number of amides is 2. The van der Waals surface area contributed by atoms with Crippen LogP contribution in [0.5, 0.6) is 0 Å². The van der Waals surface area contributed by atoms with Gasteiger partial charge in [0.2, 0.25) is 0 Å². The zero-order valence-corrected chi connectivity index (χ0v) is 16.5. The lowest BCUT2D eigenvalue weighted by Crippen LogP contribution is -2.55. The molecule has 136 valence electrons. The highest BCUT2D eigenvalue weighted by Crippen LogP contribution is 2.39. The third kappa shape index (κ3) is 5.04. The van der Waals surface area contributed by atoms with Gasteiger partial charge in [0, 0.05) is 26.2 Å². The van der Waals surface area contributed by atoms with E-state index < -0.39 is 11.0 Å². The summed E-state index contributed by atoms with van der Waals surface area (Å²) in [6.07, 6.45) is 5.86. The Bertz CT molecular complexity index is 542. The second-order valence-corrected chi connectivity index (χ2v) is 9.53. The van der Waals surface area contributed by atoms with Crippen LogP contribution < -0.4 is 10.6 Å². The highest BCUT2D eigenvalue weighted by Gasteiger charge is 2.37. The molecular formula is C17H29N3O2S2. The first-order valence-electron chi connectivity index (χ1n) is 8.67. The Kier molecular flexibility index (Phi) is 7.25. The highest BCUT2D eigenvalue weighted by atomic mass is 32.2. The summed E-state index contributed by atoms with van der Waals surface area (Å²) in [7, 11) is 0.691. The minimum absolute atomic E-state index is 0.0155. The third-order valence-electron chi connectivity index (χ3n) is 4.87. The minimum Gasteiger partial charge on any atom is -0.338 e. The molecule has 1 aliphatic carbocycles. The molecule has 0 spiro atoms. The molecule has 7 heteroatoms. The number of carbonyl (C=O) groups is 1. The van der Waals surface area contributed by atoms with Gasteiger partial charge in [-0.15, -0.1) is 11.3 Å². The molecule has 0 aromatic carbocycles. The maximum atomic E-state index is 12.7. The molecule has 1 heterocycles. The van der Waals surface area contributed by atoms with E-state index in [0.717, 1.165) is 17.1 Å². The van der Waals surface area contributed by atoms with Gasteiger partial charge in [-0.25, -0.2) is 13.3 Å².